The summed E-state index contributed by atoms with van der Waals surface area (Å²) < 4.78 is 6.10. The second-order valence-corrected chi connectivity index (χ2v) is 11.6. The van der Waals surface area contributed by atoms with E-state index in [0.717, 1.165) is 37.7 Å². The molecule has 184 valence electrons. The molecule has 0 radical (unpaired) electrons. The van der Waals surface area contributed by atoms with Crippen LogP contribution >= 0.6 is 0 Å². The van der Waals surface area contributed by atoms with Crippen LogP contribution in [0, 0.1) is 34.5 Å². The van der Waals surface area contributed by atoms with E-state index in [1.807, 2.05) is 26.8 Å². The number of hydrogen-bond donors (Lipinski definition) is 2. The highest BCUT2D eigenvalue weighted by atomic mass is 16.6. The zero-order valence-corrected chi connectivity index (χ0v) is 20.6. The van der Waals surface area contributed by atoms with E-state index in [9.17, 15) is 24.6 Å². The topological polar surface area (TPSA) is 101 Å². The molecule has 0 aromatic rings. The number of Topliss-reactive ketones (excluding diaryl/α,β-unsaturated/α-hetero) is 1. The van der Waals surface area contributed by atoms with Crippen molar-refractivity contribution >= 4 is 17.5 Å². The number of aliphatic hydroxyl groups is 2. The first-order chi connectivity index (χ1) is 15.5. The van der Waals surface area contributed by atoms with Gasteiger partial charge >= 0.3 is 5.97 Å². The van der Waals surface area contributed by atoms with E-state index in [-0.39, 0.29) is 40.8 Å². The molecule has 4 aliphatic carbocycles. The van der Waals surface area contributed by atoms with E-state index in [2.05, 4.69) is 6.92 Å². The minimum atomic E-state index is -1.39. The van der Waals surface area contributed by atoms with Crippen molar-refractivity contribution in [3.63, 3.8) is 0 Å². The van der Waals surface area contributed by atoms with Gasteiger partial charge in [0.05, 0.1) is 12.0 Å². The summed E-state index contributed by atoms with van der Waals surface area (Å²) in [5.74, 6) is -0.634. The van der Waals surface area contributed by atoms with Crippen molar-refractivity contribution in [2.24, 2.45) is 34.5 Å². The Bertz CT molecular complexity index is 863. The number of esters is 1. The van der Waals surface area contributed by atoms with Crippen LogP contribution in [0.25, 0.3) is 0 Å². The molecule has 0 bridgehead atoms. The first kappa shape index (κ1) is 24.6. The molecule has 0 heterocycles. The van der Waals surface area contributed by atoms with E-state index >= 15 is 0 Å². The van der Waals surface area contributed by atoms with Gasteiger partial charge in [-0.25, -0.2) is 0 Å². The highest BCUT2D eigenvalue weighted by Gasteiger charge is 2.70. The number of aliphatic hydroxyl groups excluding tert-OH is 2. The average molecular weight is 461 g/mol. The van der Waals surface area contributed by atoms with Crippen LogP contribution in [0.3, 0.4) is 0 Å². The number of fused-ring (bicyclic) bond motifs is 5. The molecule has 3 saturated carbocycles. The summed E-state index contributed by atoms with van der Waals surface area (Å²) in [7, 11) is 0. The quantitative estimate of drug-likeness (QED) is 0.585. The molecule has 0 amide bonds. The van der Waals surface area contributed by atoms with Crippen LogP contribution in [0.5, 0.6) is 0 Å². The smallest absolute Gasteiger partial charge is 0.309 e. The number of hydrogen-bond acceptors (Lipinski definition) is 6. The maximum Gasteiger partial charge on any atom is 0.309 e. The van der Waals surface area contributed by atoms with Crippen LogP contribution in [0.15, 0.2) is 11.6 Å². The lowest BCUT2D eigenvalue weighted by molar-refractivity contribution is -0.204. The van der Waals surface area contributed by atoms with Gasteiger partial charge in [-0.1, -0.05) is 39.7 Å². The third-order valence-electron chi connectivity index (χ3n) is 10.0. The summed E-state index contributed by atoms with van der Waals surface area (Å²) in [6, 6.07) is 0. The van der Waals surface area contributed by atoms with E-state index in [1.165, 1.54) is 0 Å². The average Bonchev–Trinajstić information content (AvgIpc) is 3.06. The fraction of sp³-hybridized carbons (Fsp3) is 0.815. The van der Waals surface area contributed by atoms with Gasteiger partial charge in [0.1, 0.15) is 6.61 Å². The maximum absolute atomic E-state index is 13.3. The molecule has 3 fully saturated rings. The van der Waals surface area contributed by atoms with Crippen LogP contribution in [0.2, 0.25) is 0 Å². The van der Waals surface area contributed by atoms with E-state index < -0.39 is 29.5 Å². The molecule has 1 unspecified atom stereocenters. The molecular weight excluding hydrogens is 420 g/mol. The molecule has 0 aromatic carbocycles. The molecule has 2 N–H and O–H groups in total. The van der Waals surface area contributed by atoms with Gasteiger partial charge < -0.3 is 14.9 Å². The number of allylic oxidation sites excluding steroid dienone is 1. The molecule has 33 heavy (non-hydrogen) atoms. The number of carbonyl (C=O) groups excluding carboxylic acids is 3. The number of rotatable bonds is 6. The normalized spacial score (nSPS) is 43.1. The van der Waals surface area contributed by atoms with Crippen molar-refractivity contribution in [3.05, 3.63) is 11.6 Å². The third kappa shape index (κ3) is 3.54. The number of ketones is 2. The van der Waals surface area contributed by atoms with E-state index in [0.29, 0.717) is 25.7 Å². The molecule has 0 aromatic heterocycles. The zero-order chi connectivity index (χ0) is 24.2. The second kappa shape index (κ2) is 8.60. The molecular formula is C27H40O6. The minimum Gasteiger partial charge on any atom is -0.450 e. The Labute approximate surface area is 197 Å². The SMILES string of the molecule is CCCC(C)C(=O)O[C@@]1(C(=O)CO)CC[C@H]2[C@@H]3CCC4=CC(=O)CC[C@]4(C)[C@H]3[C@@H](O)C[C@@]21C. The van der Waals surface area contributed by atoms with Gasteiger partial charge in [0, 0.05) is 11.8 Å². The Morgan fingerprint density at radius 1 is 1.21 bits per heavy atom. The van der Waals surface area contributed by atoms with Crippen LogP contribution < -0.4 is 0 Å². The van der Waals surface area contributed by atoms with Crippen LogP contribution in [0.1, 0.15) is 85.5 Å². The Morgan fingerprint density at radius 3 is 2.61 bits per heavy atom. The Hall–Kier alpha value is -1.53. The Balaban J connectivity index is 1.71. The van der Waals surface area contributed by atoms with Gasteiger partial charge in [-0.2, -0.15) is 0 Å². The zero-order valence-electron chi connectivity index (χ0n) is 20.6. The first-order valence-corrected chi connectivity index (χ1v) is 12.8. The van der Waals surface area contributed by atoms with Crippen molar-refractivity contribution in [2.75, 3.05) is 6.61 Å². The third-order valence-corrected chi connectivity index (χ3v) is 10.0. The van der Waals surface area contributed by atoms with Crippen LogP contribution in [-0.4, -0.2) is 46.1 Å². The Kier molecular flexibility index (Phi) is 6.41. The van der Waals surface area contributed by atoms with Crippen molar-refractivity contribution < 1.29 is 29.3 Å². The summed E-state index contributed by atoms with van der Waals surface area (Å²) in [4.78, 5) is 38.3. The molecule has 0 aliphatic heterocycles. The van der Waals surface area contributed by atoms with Crippen molar-refractivity contribution in [3.8, 4) is 0 Å². The standard InChI is InChI=1S/C27H40O6/c1-5-6-16(2)24(32)33-27(22(31)15-28)12-10-20-19-8-7-17-13-18(29)9-11-25(17,3)23(19)21(30)14-26(20,27)4/h13,16,19-21,23,28,30H,5-12,14-15H2,1-4H3/t16?,19-,20-,21-,23+,25-,26-,27+/m0/s1. The molecule has 4 aliphatic rings. The van der Waals surface area contributed by atoms with Gasteiger partial charge in [-0.3, -0.25) is 14.4 Å². The lowest BCUT2D eigenvalue weighted by atomic mass is 9.45. The molecule has 4 rings (SSSR count). The van der Waals surface area contributed by atoms with Gasteiger partial charge in [0.25, 0.3) is 0 Å². The highest BCUT2D eigenvalue weighted by molar-refractivity contribution is 5.92. The lowest BCUT2D eigenvalue weighted by Crippen LogP contribution is -2.63. The van der Waals surface area contributed by atoms with E-state index in [4.69, 9.17) is 4.74 Å². The largest absolute Gasteiger partial charge is 0.450 e. The second-order valence-electron chi connectivity index (χ2n) is 11.6. The number of carbonyl (C=O) groups is 3. The van der Waals surface area contributed by atoms with Gasteiger partial charge in [0.15, 0.2) is 11.4 Å². The van der Waals surface area contributed by atoms with Gasteiger partial charge in [-0.15, -0.1) is 0 Å². The van der Waals surface area contributed by atoms with Crippen molar-refractivity contribution in [1.82, 2.24) is 0 Å². The molecule has 0 saturated heterocycles. The van der Waals surface area contributed by atoms with E-state index in [1.54, 1.807) is 0 Å². The van der Waals surface area contributed by atoms with Crippen molar-refractivity contribution in [2.45, 2.75) is 97.2 Å². The van der Waals surface area contributed by atoms with Crippen LogP contribution in [-0.2, 0) is 19.1 Å². The monoisotopic (exact) mass is 460 g/mol. The Morgan fingerprint density at radius 2 is 1.94 bits per heavy atom. The van der Waals surface area contributed by atoms with Crippen LogP contribution in [0.4, 0.5) is 0 Å². The van der Waals surface area contributed by atoms with Crippen molar-refractivity contribution in [1.29, 1.82) is 0 Å². The molecule has 6 heteroatoms. The summed E-state index contributed by atoms with van der Waals surface area (Å²) >= 11 is 0. The fourth-order valence-corrected chi connectivity index (χ4v) is 8.31. The molecule has 8 atom stereocenters. The summed E-state index contributed by atoms with van der Waals surface area (Å²) in [5, 5.41) is 21.5. The predicted molar refractivity (Wildman–Crippen MR) is 123 cm³/mol. The summed E-state index contributed by atoms with van der Waals surface area (Å²) in [5.41, 5.74) is -1.16. The summed E-state index contributed by atoms with van der Waals surface area (Å²) in [6.07, 6.45) is 7.12. The molecule has 6 nitrogen and oxygen atoms in total. The summed E-state index contributed by atoms with van der Waals surface area (Å²) in [6.45, 7) is 7.35. The highest BCUT2D eigenvalue weighted by Crippen LogP contribution is 2.68. The first-order valence-electron chi connectivity index (χ1n) is 12.8. The predicted octanol–water partition coefficient (Wildman–Crippen LogP) is 3.77. The van der Waals surface area contributed by atoms with Gasteiger partial charge in [-0.05, 0) is 74.2 Å². The van der Waals surface area contributed by atoms with Gasteiger partial charge in [0.2, 0.25) is 5.78 Å². The molecule has 0 spiro atoms. The lowest BCUT2D eigenvalue weighted by Gasteiger charge is -2.60. The maximum atomic E-state index is 13.3. The minimum absolute atomic E-state index is 0.0263. The number of ether oxygens (including phenoxy) is 1. The fourth-order valence-electron chi connectivity index (χ4n) is 8.31.